The number of nitrogens with one attached hydrogen (secondary N) is 1. The predicted molar refractivity (Wildman–Crippen MR) is 84.6 cm³/mol. The lowest BCUT2D eigenvalue weighted by molar-refractivity contribution is -0.384. The van der Waals surface area contributed by atoms with Crippen LogP contribution in [-0.2, 0) is 10.0 Å². The van der Waals surface area contributed by atoms with Gasteiger partial charge < -0.3 is 0 Å². The van der Waals surface area contributed by atoms with Crippen LogP contribution in [0.4, 0.5) is 11.4 Å². The van der Waals surface area contributed by atoms with Crippen molar-refractivity contribution in [3.8, 4) is 0 Å². The number of hydrogen-bond acceptors (Lipinski definition) is 7. The maximum Gasteiger partial charge on any atom is 0.295 e. The summed E-state index contributed by atoms with van der Waals surface area (Å²) in [5.74, 6) is 0. The lowest BCUT2D eigenvalue weighted by Gasteiger charge is -2.05. The largest absolute Gasteiger partial charge is 0.295 e. The summed E-state index contributed by atoms with van der Waals surface area (Å²) in [6.07, 6.45) is 0. The number of rotatable bonds is 5. The molecule has 0 bridgehead atoms. The number of nitro benzene ring substituents is 1. The number of thiophene rings is 1. The molecular weight excluding hydrogens is 328 g/mol. The van der Waals surface area contributed by atoms with Crippen molar-refractivity contribution in [1.82, 2.24) is 0 Å². The van der Waals surface area contributed by atoms with Crippen molar-refractivity contribution in [3.63, 3.8) is 0 Å². The van der Waals surface area contributed by atoms with Crippen LogP contribution in [0.2, 0.25) is 0 Å². The number of nitro groups is 1. The Morgan fingerprint density at radius 2 is 2.14 bits per heavy atom. The molecule has 0 unspecified atom stereocenters. The van der Waals surface area contributed by atoms with Crippen molar-refractivity contribution in [2.45, 2.75) is 11.8 Å². The average Bonchev–Trinajstić information content (AvgIpc) is 2.97. The lowest BCUT2D eigenvalue weighted by atomic mass is 10.3. The van der Waals surface area contributed by atoms with Gasteiger partial charge in [-0.25, -0.2) is 13.6 Å². The summed E-state index contributed by atoms with van der Waals surface area (Å²) in [5.41, 5.74) is 2.89. The van der Waals surface area contributed by atoms with Crippen molar-refractivity contribution < 1.29 is 13.3 Å². The number of hydrazone groups is 1. The van der Waals surface area contributed by atoms with E-state index in [9.17, 15) is 18.5 Å². The molecule has 1 heterocycles. The standard InChI is InChI=1S/C12H12N4O4S2/c1-8(12-3-2-6-21-12)14-15-10-5-4-9(22(13,19)20)7-11(10)16(17)18/h2-7,15H,1H3,(H2,13,19,20)/b14-8-. The van der Waals surface area contributed by atoms with Crippen LogP contribution >= 0.6 is 11.3 Å². The average molecular weight is 340 g/mol. The summed E-state index contributed by atoms with van der Waals surface area (Å²) in [5, 5.41) is 22.0. The number of nitrogens with zero attached hydrogens (tertiary/aromatic N) is 2. The molecule has 0 aliphatic rings. The zero-order valence-electron chi connectivity index (χ0n) is 11.4. The third-order valence-electron chi connectivity index (χ3n) is 2.72. The van der Waals surface area contributed by atoms with Crippen molar-refractivity contribution in [1.29, 1.82) is 0 Å². The molecule has 0 atom stereocenters. The van der Waals surface area contributed by atoms with Crippen molar-refractivity contribution in [2.24, 2.45) is 10.2 Å². The maximum absolute atomic E-state index is 11.2. The van der Waals surface area contributed by atoms with Gasteiger partial charge in [-0.1, -0.05) is 6.07 Å². The first-order chi connectivity index (χ1) is 10.3. The van der Waals surface area contributed by atoms with Crippen LogP contribution in [0.3, 0.4) is 0 Å². The normalized spacial score (nSPS) is 12.2. The second-order valence-electron chi connectivity index (χ2n) is 4.27. The van der Waals surface area contributed by atoms with Crippen molar-refractivity contribution in [3.05, 3.63) is 50.7 Å². The molecule has 8 nitrogen and oxygen atoms in total. The van der Waals surface area contributed by atoms with E-state index < -0.39 is 20.6 Å². The summed E-state index contributed by atoms with van der Waals surface area (Å²) in [6, 6.07) is 7.06. The molecular formula is C12H12N4O4S2. The second-order valence-corrected chi connectivity index (χ2v) is 6.78. The molecule has 0 radical (unpaired) electrons. The minimum absolute atomic E-state index is 0.0771. The molecule has 0 aliphatic heterocycles. The topological polar surface area (TPSA) is 128 Å². The van der Waals surface area contributed by atoms with Gasteiger partial charge in [-0.3, -0.25) is 15.5 Å². The fraction of sp³-hybridized carbons (Fsp3) is 0.0833. The third-order valence-corrected chi connectivity index (χ3v) is 4.61. The fourth-order valence-electron chi connectivity index (χ4n) is 1.62. The molecule has 10 heteroatoms. The van der Waals surface area contributed by atoms with Crippen LogP contribution in [0.5, 0.6) is 0 Å². The fourth-order valence-corrected chi connectivity index (χ4v) is 2.83. The van der Waals surface area contributed by atoms with E-state index in [0.29, 0.717) is 5.71 Å². The summed E-state index contributed by atoms with van der Waals surface area (Å²) in [4.78, 5) is 10.9. The molecule has 116 valence electrons. The van der Waals surface area contributed by atoms with Gasteiger partial charge in [0, 0.05) is 10.9 Å². The smallest absolute Gasteiger partial charge is 0.271 e. The Hall–Kier alpha value is -2.30. The molecule has 0 amide bonds. The first-order valence-electron chi connectivity index (χ1n) is 5.94. The first kappa shape index (κ1) is 16.1. The number of primary sulfonamides is 1. The van der Waals surface area contributed by atoms with E-state index in [0.717, 1.165) is 10.9 Å². The molecule has 1 aromatic carbocycles. The summed E-state index contributed by atoms with van der Waals surface area (Å²) >= 11 is 1.48. The summed E-state index contributed by atoms with van der Waals surface area (Å²) in [7, 11) is -4.01. The van der Waals surface area contributed by atoms with Crippen LogP contribution in [0.15, 0.2) is 45.7 Å². The second kappa shape index (κ2) is 6.22. The molecule has 22 heavy (non-hydrogen) atoms. The molecule has 0 spiro atoms. The Kier molecular flexibility index (Phi) is 4.54. The van der Waals surface area contributed by atoms with Gasteiger partial charge in [0.05, 0.1) is 15.5 Å². The Morgan fingerprint density at radius 3 is 2.68 bits per heavy atom. The van der Waals surface area contributed by atoms with Crippen LogP contribution in [0.25, 0.3) is 0 Å². The van der Waals surface area contributed by atoms with Gasteiger partial charge in [0.15, 0.2) is 0 Å². The first-order valence-corrected chi connectivity index (χ1v) is 8.37. The van der Waals surface area contributed by atoms with Crippen LogP contribution < -0.4 is 10.6 Å². The molecule has 2 aromatic rings. The van der Waals surface area contributed by atoms with E-state index in [-0.39, 0.29) is 10.6 Å². The molecule has 2 rings (SSSR count). The van der Waals surface area contributed by atoms with E-state index in [4.69, 9.17) is 5.14 Å². The Bertz CT molecular complexity index is 829. The zero-order chi connectivity index (χ0) is 16.3. The van der Waals surface area contributed by atoms with Gasteiger partial charge in [-0.15, -0.1) is 11.3 Å². The molecule has 1 aromatic heterocycles. The molecule has 0 aliphatic carbocycles. The minimum Gasteiger partial charge on any atom is -0.271 e. The van der Waals surface area contributed by atoms with E-state index in [1.54, 1.807) is 6.92 Å². The maximum atomic E-state index is 11.2. The van der Waals surface area contributed by atoms with Gasteiger partial charge >= 0.3 is 0 Å². The quantitative estimate of drug-likeness (QED) is 0.489. The highest BCUT2D eigenvalue weighted by molar-refractivity contribution is 7.89. The van der Waals surface area contributed by atoms with Crippen molar-refractivity contribution in [2.75, 3.05) is 5.43 Å². The van der Waals surface area contributed by atoms with Gasteiger partial charge in [0.2, 0.25) is 10.0 Å². The van der Waals surface area contributed by atoms with Crippen LogP contribution in [0.1, 0.15) is 11.8 Å². The molecule has 0 saturated heterocycles. The van der Waals surface area contributed by atoms with Gasteiger partial charge in [0.1, 0.15) is 5.69 Å². The number of nitrogens with two attached hydrogens (primary N) is 1. The monoisotopic (exact) mass is 340 g/mol. The molecule has 0 fully saturated rings. The summed E-state index contributed by atoms with van der Waals surface area (Å²) < 4.78 is 22.5. The Labute approximate surface area is 130 Å². The van der Waals surface area contributed by atoms with Gasteiger partial charge in [-0.2, -0.15) is 5.10 Å². The number of hydrogen-bond donors (Lipinski definition) is 2. The Balaban J connectivity index is 2.35. The summed E-state index contributed by atoms with van der Waals surface area (Å²) in [6.45, 7) is 1.75. The highest BCUT2D eigenvalue weighted by Gasteiger charge is 2.19. The van der Waals surface area contributed by atoms with Crippen molar-refractivity contribution >= 4 is 38.4 Å². The highest BCUT2D eigenvalue weighted by Crippen LogP contribution is 2.27. The number of benzene rings is 1. The zero-order valence-corrected chi connectivity index (χ0v) is 13.0. The van der Waals surface area contributed by atoms with E-state index in [2.05, 4.69) is 10.5 Å². The molecule has 0 saturated carbocycles. The Morgan fingerprint density at radius 1 is 1.41 bits per heavy atom. The number of sulfonamides is 1. The van der Waals surface area contributed by atoms with E-state index in [1.807, 2.05) is 17.5 Å². The molecule has 3 N–H and O–H groups in total. The van der Waals surface area contributed by atoms with Crippen LogP contribution in [-0.4, -0.2) is 19.1 Å². The highest BCUT2D eigenvalue weighted by atomic mass is 32.2. The minimum atomic E-state index is -4.01. The van der Waals surface area contributed by atoms with E-state index >= 15 is 0 Å². The third kappa shape index (κ3) is 3.67. The lowest BCUT2D eigenvalue weighted by Crippen LogP contribution is -2.12. The van der Waals surface area contributed by atoms with Crippen LogP contribution in [0, 0.1) is 10.1 Å². The van der Waals surface area contributed by atoms with Gasteiger partial charge in [-0.05, 0) is 30.5 Å². The number of anilines is 1. The predicted octanol–water partition coefficient (Wildman–Crippen LogP) is 2.14. The van der Waals surface area contributed by atoms with E-state index in [1.165, 1.54) is 23.5 Å². The van der Waals surface area contributed by atoms with Gasteiger partial charge in [0.25, 0.3) is 5.69 Å². The SMILES string of the molecule is C/C(=N/Nc1ccc(S(N)(=O)=O)cc1[N+](=O)[O-])c1cccs1.